The van der Waals surface area contributed by atoms with Crippen molar-refractivity contribution in [3.8, 4) is 0 Å². The Labute approximate surface area is 137 Å². The second-order valence-electron chi connectivity index (χ2n) is 5.98. The maximum absolute atomic E-state index is 12.5. The standard InChI is InChI=1S/C18H24N4O/c1-5-14-8-6-7-13(4)17(14)22-18(23)15-9-16(21-11-20-15)19-10-12(2)3/h6-9,11-12H,5,10H2,1-4H3,(H,22,23)(H,19,20,21). The van der Waals surface area contributed by atoms with E-state index in [2.05, 4.69) is 41.4 Å². The number of aryl methyl sites for hydroxylation is 2. The van der Waals surface area contributed by atoms with Crippen molar-refractivity contribution < 1.29 is 4.79 Å². The Balaban J connectivity index is 2.17. The Morgan fingerprint density at radius 2 is 2.04 bits per heavy atom. The van der Waals surface area contributed by atoms with E-state index in [1.54, 1.807) is 6.07 Å². The predicted octanol–water partition coefficient (Wildman–Crippen LogP) is 3.67. The average molecular weight is 312 g/mol. The van der Waals surface area contributed by atoms with E-state index < -0.39 is 0 Å². The van der Waals surface area contributed by atoms with E-state index in [1.807, 2.05) is 25.1 Å². The second kappa shape index (κ2) is 7.72. The molecular formula is C18H24N4O. The molecule has 2 rings (SSSR count). The van der Waals surface area contributed by atoms with E-state index >= 15 is 0 Å². The summed E-state index contributed by atoms with van der Waals surface area (Å²) in [5, 5.41) is 6.19. The summed E-state index contributed by atoms with van der Waals surface area (Å²) >= 11 is 0. The normalized spacial score (nSPS) is 10.7. The van der Waals surface area contributed by atoms with Crippen LogP contribution < -0.4 is 10.6 Å². The first-order valence-corrected chi connectivity index (χ1v) is 7.97. The number of nitrogens with one attached hydrogen (secondary N) is 2. The maximum atomic E-state index is 12.5. The van der Waals surface area contributed by atoms with Gasteiger partial charge >= 0.3 is 0 Å². The zero-order valence-electron chi connectivity index (χ0n) is 14.2. The summed E-state index contributed by atoms with van der Waals surface area (Å²) < 4.78 is 0. The molecule has 2 aromatic rings. The molecule has 0 spiro atoms. The summed E-state index contributed by atoms with van der Waals surface area (Å²) in [7, 11) is 0. The molecule has 5 heteroatoms. The van der Waals surface area contributed by atoms with E-state index in [0.717, 1.165) is 29.8 Å². The Morgan fingerprint density at radius 1 is 1.26 bits per heavy atom. The summed E-state index contributed by atoms with van der Waals surface area (Å²) in [5.74, 6) is 0.949. The third-order valence-electron chi connectivity index (χ3n) is 3.57. The van der Waals surface area contributed by atoms with Gasteiger partial charge in [-0.2, -0.15) is 0 Å². The number of hydrogen-bond acceptors (Lipinski definition) is 4. The second-order valence-corrected chi connectivity index (χ2v) is 5.98. The lowest BCUT2D eigenvalue weighted by Gasteiger charge is -2.13. The molecule has 0 fully saturated rings. The molecule has 0 atom stereocenters. The van der Waals surface area contributed by atoms with Crippen LogP contribution in [0, 0.1) is 12.8 Å². The van der Waals surface area contributed by atoms with Crippen LogP contribution in [0.5, 0.6) is 0 Å². The summed E-state index contributed by atoms with van der Waals surface area (Å²) in [6.07, 6.45) is 2.28. The first-order chi connectivity index (χ1) is 11.0. The highest BCUT2D eigenvalue weighted by molar-refractivity contribution is 6.04. The zero-order valence-corrected chi connectivity index (χ0v) is 14.2. The molecule has 0 aliphatic carbocycles. The molecule has 5 nitrogen and oxygen atoms in total. The van der Waals surface area contributed by atoms with Crippen molar-refractivity contribution in [2.45, 2.75) is 34.1 Å². The Hall–Kier alpha value is -2.43. The molecule has 1 aromatic heterocycles. The number of nitrogens with zero attached hydrogens (tertiary/aromatic N) is 2. The molecule has 2 N–H and O–H groups in total. The maximum Gasteiger partial charge on any atom is 0.274 e. The lowest BCUT2D eigenvalue weighted by molar-refractivity contribution is 0.102. The molecule has 0 aliphatic heterocycles. The molecule has 0 bridgehead atoms. The first kappa shape index (κ1) is 16.9. The van der Waals surface area contributed by atoms with E-state index in [-0.39, 0.29) is 5.91 Å². The van der Waals surface area contributed by atoms with Gasteiger partial charge in [-0.15, -0.1) is 0 Å². The number of rotatable bonds is 6. The van der Waals surface area contributed by atoms with E-state index in [1.165, 1.54) is 6.33 Å². The Bertz CT molecular complexity index is 682. The van der Waals surface area contributed by atoms with Crippen LogP contribution in [0.1, 0.15) is 42.4 Å². The van der Waals surface area contributed by atoms with Gasteiger partial charge < -0.3 is 10.6 Å². The Kier molecular flexibility index (Phi) is 5.68. The quantitative estimate of drug-likeness (QED) is 0.854. The minimum Gasteiger partial charge on any atom is -0.370 e. The Morgan fingerprint density at radius 3 is 2.74 bits per heavy atom. The summed E-state index contributed by atoms with van der Waals surface area (Å²) in [5.41, 5.74) is 3.39. The number of hydrogen-bond donors (Lipinski definition) is 2. The van der Waals surface area contributed by atoms with Gasteiger partial charge in [-0.3, -0.25) is 4.79 Å². The van der Waals surface area contributed by atoms with Crippen molar-refractivity contribution >= 4 is 17.4 Å². The molecule has 23 heavy (non-hydrogen) atoms. The summed E-state index contributed by atoms with van der Waals surface area (Å²) in [4.78, 5) is 20.7. The highest BCUT2D eigenvalue weighted by Gasteiger charge is 2.12. The van der Waals surface area contributed by atoms with Crippen molar-refractivity contribution in [1.82, 2.24) is 9.97 Å². The number of amides is 1. The number of para-hydroxylation sites is 1. The summed E-state index contributed by atoms with van der Waals surface area (Å²) in [6.45, 7) is 9.10. The molecule has 1 aromatic carbocycles. The minimum atomic E-state index is -0.219. The molecule has 0 saturated carbocycles. The van der Waals surface area contributed by atoms with Gasteiger partial charge in [0.25, 0.3) is 5.91 Å². The van der Waals surface area contributed by atoms with Crippen molar-refractivity contribution in [2.75, 3.05) is 17.2 Å². The first-order valence-electron chi connectivity index (χ1n) is 7.97. The van der Waals surface area contributed by atoms with Crippen LogP contribution in [0.15, 0.2) is 30.6 Å². The van der Waals surface area contributed by atoms with Gasteiger partial charge in [0, 0.05) is 18.3 Å². The fourth-order valence-electron chi connectivity index (χ4n) is 2.27. The van der Waals surface area contributed by atoms with E-state index in [4.69, 9.17) is 0 Å². The largest absolute Gasteiger partial charge is 0.370 e. The lowest BCUT2D eigenvalue weighted by Crippen LogP contribution is -2.17. The predicted molar refractivity (Wildman–Crippen MR) is 93.9 cm³/mol. The topological polar surface area (TPSA) is 66.9 Å². The number of anilines is 2. The van der Waals surface area contributed by atoms with E-state index in [0.29, 0.717) is 17.4 Å². The van der Waals surface area contributed by atoms with Crippen molar-refractivity contribution in [2.24, 2.45) is 5.92 Å². The molecule has 0 unspecified atom stereocenters. The monoisotopic (exact) mass is 312 g/mol. The van der Waals surface area contributed by atoms with Crippen LogP contribution >= 0.6 is 0 Å². The van der Waals surface area contributed by atoms with Gasteiger partial charge in [0.1, 0.15) is 17.8 Å². The van der Waals surface area contributed by atoms with Gasteiger partial charge in [0.2, 0.25) is 0 Å². The SMILES string of the molecule is CCc1cccc(C)c1NC(=O)c1cc(NCC(C)C)ncn1. The van der Waals surface area contributed by atoms with Crippen LogP contribution in [0.3, 0.4) is 0 Å². The van der Waals surface area contributed by atoms with Crippen LogP contribution in [-0.2, 0) is 6.42 Å². The van der Waals surface area contributed by atoms with Crippen LogP contribution in [0.4, 0.5) is 11.5 Å². The number of benzene rings is 1. The van der Waals surface area contributed by atoms with E-state index in [9.17, 15) is 4.79 Å². The minimum absolute atomic E-state index is 0.219. The van der Waals surface area contributed by atoms with Gasteiger partial charge in [0.05, 0.1) is 0 Å². The van der Waals surface area contributed by atoms with Crippen molar-refractivity contribution in [1.29, 1.82) is 0 Å². The molecule has 0 saturated heterocycles. The fraction of sp³-hybridized carbons (Fsp3) is 0.389. The van der Waals surface area contributed by atoms with Crippen molar-refractivity contribution in [3.63, 3.8) is 0 Å². The van der Waals surface area contributed by atoms with Gasteiger partial charge in [-0.05, 0) is 30.4 Å². The highest BCUT2D eigenvalue weighted by atomic mass is 16.1. The van der Waals surface area contributed by atoms with Crippen molar-refractivity contribution in [3.05, 3.63) is 47.4 Å². The highest BCUT2D eigenvalue weighted by Crippen LogP contribution is 2.21. The molecule has 1 amide bonds. The van der Waals surface area contributed by atoms with Gasteiger partial charge in [-0.1, -0.05) is 39.0 Å². The van der Waals surface area contributed by atoms with Crippen LogP contribution in [-0.4, -0.2) is 22.4 Å². The van der Waals surface area contributed by atoms with Gasteiger partial charge in [0.15, 0.2) is 0 Å². The summed E-state index contributed by atoms with van der Waals surface area (Å²) in [6, 6.07) is 7.70. The van der Waals surface area contributed by atoms with Crippen LogP contribution in [0.2, 0.25) is 0 Å². The van der Waals surface area contributed by atoms with Crippen LogP contribution in [0.25, 0.3) is 0 Å². The smallest absolute Gasteiger partial charge is 0.274 e. The fourth-order valence-corrected chi connectivity index (χ4v) is 2.27. The third kappa shape index (κ3) is 4.52. The molecule has 0 radical (unpaired) electrons. The molecular weight excluding hydrogens is 288 g/mol. The molecule has 122 valence electrons. The molecule has 0 aliphatic rings. The number of aromatic nitrogens is 2. The zero-order chi connectivity index (χ0) is 16.8. The van der Waals surface area contributed by atoms with Gasteiger partial charge in [-0.25, -0.2) is 9.97 Å². The lowest BCUT2D eigenvalue weighted by atomic mass is 10.1. The number of carbonyl (C=O) groups is 1. The third-order valence-corrected chi connectivity index (χ3v) is 3.57. The average Bonchev–Trinajstić information content (AvgIpc) is 2.55. The molecule has 1 heterocycles. The number of carbonyl (C=O) groups excluding carboxylic acids is 1.